The molecule has 1 nitrogen and oxygen atoms in total. The molecule has 0 aromatic heterocycles. The summed E-state index contributed by atoms with van der Waals surface area (Å²) in [5, 5.41) is 0. The Labute approximate surface area is 116 Å². The van der Waals surface area contributed by atoms with Gasteiger partial charge < -0.3 is 0 Å². The molecule has 0 radical (unpaired) electrons. The topological polar surface area (TPSA) is 17.1 Å². The second kappa shape index (κ2) is 4.20. The van der Waals surface area contributed by atoms with Gasteiger partial charge in [0.25, 0.3) is 0 Å². The van der Waals surface area contributed by atoms with Crippen LogP contribution in [0.2, 0.25) is 0 Å². The van der Waals surface area contributed by atoms with Crippen LogP contribution in [0.4, 0.5) is 0 Å². The monoisotopic (exact) mass is 258 g/mol. The van der Waals surface area contributed by atoms with Gasteiger partial charge in [0.1, 0.15) is 0 Å². The first-order valence-electron chi connectivity index (χ1n) is 8.43. The Morgan fingerprint density at radius 1 is 1.00 bits per heavy atom. The van der Waals surface area contributed by atoms with Gasteiger partial charge in [0, 0.05) is 5.41 Å². The van der Waals surface area contributed by atoms with Crippen LogP contribution >= 0.6 is 0 Å². The maximum absolute atomic E-state index is 12.2. The van der Waals surface area contributed by atoms with Crippen LogP contribution in [0, 0.1) is 35.0 Å². The third kappa shape index (κ3) is 1.63. The molecule has 1 heteroatoms. The Hall–Kier alpha value is -0.590. The summed E-state index contributed by atoms with van der Waals surface area (Å²) in [4.78, 5) is 12.2. The fourth-order valence-electron chi connectivity index (χ4n) is 6.10. The molecule has 0 bridgehead atoms. The van der Waals surface area contributed by atoms with E-state index in [0.717, 1.165) is 30.1 Å². The van der Waals surface area contributed by atoms with E-state index in [1.165, 1.54) is 44.9 Å². The van der Waals surface area contributed by atoms with E-state index in [1.807, 2.05) is 6.08 Å². The molecule has 0 N–H and O–H groups in total. The lowest BCUT2D eigenvalue weighted by Gasteiger charge is -2.53. The van der Waals surface area contributed by atoms with Gasteiger partial charge in [-0.3, -0.25) is 4.79 Å². The summed E-state index contributed by atoms with van der Waals surface area (Å²) < 4.78 is 0. The third-order valence-electron chi connectivity index (χ3n) is 7.15. The van der Waals surface area contributed by atoms with Gasteiger partial charge in [-0.25, -0.2) is 0 Å². The fraction of sp³-hybridized carbons (Fsp3) is 0.833. The molecular formula is C18H26O. The van der Waals surface area contributed by atoms with Crippen LogP contribution < -0.4 is 0 Å². The molecule has 0 aromatic rings. The van der Waals surface area contributed by atoms with Crippen molar-refractivity contribution in [2.75, 3.05) is 0 Å². The first-order valence-corrected chi connectivity index (χ1v) is 8.43. The van der Waals surface area contributed by atoms with Gasteiger partial charge in [0.2, 0.25) is 0 Å². The zero-order valence-corrected chi connectivity index (χ0v) is 12.1. The standard InChI is InChI=1S/C18H26O/c1-18-11-10-14-13-5-3-2-4-12(13)6-7-15(14)16(18)8-9-17(18)19/h8-9,12-16H,2-7,10-11H2,1H3. The van der Waals surface area contributed by atoms with Crippen molar-refractivity contribution in [3.05, 3.63) is 12.2 Å². The maximum atomic E-state index is 12.2. The van der Waals surface area contributed by atoms with Crippen LogP contribution in [-0.4, -0.2) is 5.78 Å². The molecule has 19 heavy (non-hydrogen) atoms. The molecule has 4 aliphatic carbocycles. The second-order valence-electron chi connectivity index (χ2n) is 7.82. The maximum Gasteiger partial charge on any atom is 0.161 e. The van der Waals surface area contributed by atoms with Gasteiger partial charge in [-0.1, -0.05) is 32.3 Å². The average Bonchev–Trinajstić information content (AvgIpc) is 2.75. The van der Waals surface area contributed by atoms with Crippen LogP contribution in [0.1, 0.15) is 58.3 Å². The molecular weight excluding hydrogens is 232 g/mol. The van der Waals surface area contributed by atoms with Crippen molar-refractivity contribution in [2.24, 2.45) is 35.0 Å². The smallest absolute Gasteiger partial charge is 0.161 e. The highest BCUT2D eigenvalue weighted by molar-refractivity contribution is 5.97. The minimum Gasteiger partial charge on any atom is -0.294 e. The number of rotatable bonds is 0. The van der Waals surface area contributed by atoms with Gasteiger partial charge in [0.15, 0.2) is 5.78 Å². The van der Waals surface area contributed by atoms with Gasteiger partial charge in [0.05, 0.1) is 0 Å². The van der Waals surface area contributed by atoms with E-state index in [1.54, 1.807) is 0 Å². The second-order valence-corrected chi connectivity index (χ2v) is 7.82. The van der Waals surface area contributed by atoms with E-state index < -0.39 is 0 Å². The van der Waals surface area contributed by atoms with Gasteiger partial charge in [-0.05, 0) is 67.8 Å². The number of allylic oxidation sites excluding steroid dienone is 2. The number of carbonyl (C=O) groups excluding carboxylic acids is 1. The number of ketones is 1. The van der Waals surface area contributed by atoms with Gasteiger partial charge >= 0.3 is 0 Å². The fourth-order valence-corrected chi connectivity index (χ4v) is 6.10. The first kappa shape index (κ1) is 12.2. The van der Waals surface area contributed by atoms with E-state index in [2.05, 4.69) is 13.0 Å². The minimum absolute atomic E-state index is 0.0251. The lowest BCUT2D eigenvalue weighted by Crippen LogP contribution is -2.48. The van der Waals surface area contributed by atoms with Crippen molar-refractivity contribution in [3.63, 3.8) is 0 Å². The molecule has 0 aliphatic heterocycles. The Kier molecular flexibility index (Phi) is 2.69. The van der Waals surface area contributed by atoms with Crippen LogP contribution in [0.25, 0.3) is 0 Å². The van der Waals surface area contributed by atoms with Crippen molar-refractivity contribution in [1.82, 2.24) is 0 Å². The SMILES string of the molecule is CC12CCC3C4CCCCC4CCC3C1C=CC2=O. The summed E-state index contributed by atoms with van der Waals surface area (Å²) >= 11 is 0. The quantitative estimate of drug-likeness (QED) is 0.630. The van der Waals surface area contributed by atoms with E-state index in [0.29, 0.717) is 11.7 Å². The Morgan fingerprint density at radius 2 is 1.84 bits per heavy atom. The van der Waals surface area contributed by atoms with Crippen LogP contribution in [0.3, 0.4) is 0 Å². The molecule has 3 saturated carbocycles. The van der Waals surface area contributed by atoms with Crippen LogP contribution in [-0.2, 0) is 4.79 Å². The summed E-state index contributed by atoms with van der Waals surface area (Å²) in [5.41, 5.74) is -0.0251. The molecule has 104 valence electrons. The largest absolute Gasteiger partial charge is 0.294 e. The highest BCUT2D eigenvalue weighted by atomic mass is 16.1. The number of hydrogen-bond acceptors (Lipinski definition) is 1. The molecule has 0 spiro atoms. The summed E-state index contributed by atoms with van der Waals surface area (Å²) in [6, 6.07) is 0. The molecule has 0 amide bonds. The normalized spacial score (nSPS) is 52.5. The summed E-state index contributed by atoms with van der Waals surface area (Å²) in [7, 11) is 0. The minimum atomic E-state index is -0.0251. The summed E-state index contributed by atoms with van der Waals surface area (Å²) in [6.45, 7) is 2.24. The molecule has 0 saturated heterocycles. The van der Waals surface area contributed by atoms with E-state index in [-0.39, 0.29) is 5.41 Å². The highest BCUT2D eigenvalue weighted by Gasteiger charge is 2.54. The highest BCUT2D eigenvalue weighted by Crippen LogP contribution is 2.59. The van der Waals surface area contributed by atoms with E-state index in [4.69, 9.17) is 0 Å². The van der Waals surface area contributed by atoms with Gasteiger partial charge in [-0.15, -0.1) is 0 Å². The number of fused-ring (bicyclic) bond motifs is 5. The zero-order valence-electron chi connectivity index (χ0n) is 12.1. The number of hydrogen-bond donors (Lipinski definition) is 0. The van der Waals surface area contributed by atoms with E-state index >= 15 is 0 Å². The molecule has 6 atom stereocenters. The van der Waals surface area contributed by atoms with Crippen LogP contribution in [0.15, 0.2) is 12.2 Å². The molecule has 6 unspecified atom stereocenters. The first-order chi connectivity index (χ1) is 9.20. The predicted molar refractivity (Wildman–Crippen MR) is 76.6 cm³/mol. The average molecular weight is 258 g/mol. The molecule has 4 aliphatic rings. The Balaban J connectivity index is 1.62. The molecule has 0 aromatic carbocycles. The summed E-state index contributed by atoms with van der Waals surface area (Å²) in [6.07, 6.45) is 15.4. The Bertz CT molecular complexity index is 423. The molecule has 3 fully saturated rings. The lowest BCUT2D eigenvalue weighted by atomic mass is 9.50. The molecule has 4 rings (SSSR count). The van der Waals surface area contributed by atoms with E-state index in [9.17, 15) is 4.79 Å². The van der Waals surface area contributed by atoms with Crippen molar-refractivity contribution >= 4 is 5.78 Å². The Morgan fingerprint density at radius 3 is 2.74 bits per heavy atom. The summed E-state index contributed by atoms with van der Waals surface area (Å²) in [5.74, 6) is 4.78. The van der Waals surface area contributed by atoms with Crippen molar-refractivity contribution in [2.45, 2.75) is 58.3 Å². The van der Waals surface area contributed by atoms with Crippen molar-refractivity contribution in [3.8, 4) is 0 Å². The lowest BCUT2D eigenvalue weighted by molar-refractivity contribution is -0.130. The third-order valence-corrected chi connectivity index (χ3v) is 7.15. The molecule has 0 heterocycles. The predicted octanol–water partition coefficient (Wildman–Crippen LogP) is 4.37. The van der Waals surface area contributed by atoms with Crippen molar-refractivity contribution < 1.29 is 4.79 Å². The van der Waals surface area contributed by atoms with Gasteiger partial charge in [-0.2, -0.15) is 0 Å². The van der Waals surface area contributed by atoms with Crippen LogP contribution in [0.5, 0.6) is 0 Å². The zero-order chi connectivity index (χ0) is 13.0. The van der Waals surface area contributed by atoms with Crippen molar-refractivity contribution in [1.29, 1.82) is 0 Å². The number of carbonyl (C=O) groups is 1.